The summed E-state index contributed by atoms with van der Waals surface area (Å²) in [6.07, 6.45) is 2.44. The van der Waals surface area contributed by atoms with Crippen LogP contribution in [0, 0.1) is 11.6 Å². The average molecular weight is 730 g/mol. The molecule has 2 fully saturated rings. The molecule has 2 aliphatic heterocycles. The summed E-state index contributed by atoms with van der Waals surface area (Å²) >= 11 is 15.4. The summed E-state index contributed by atoms with van der Waals surface area (Å²) in [4.78, 5) is 39.8. The van der Waals surface area contributed by atoms with E-state index in [0.717, 1.165) is 30.7 Å². The SMILES string of the molecule is O=C(ON1CCC(c2cc(F)ccc2Sc2cccc(Cl)c2)CC1)C(=O)ON1CCC(c2cc(F)ccc2Sc2cccc(Cl)c2)CC1. The van der Waals surface area contributed by atoms with Gasteiger partial charge in [-0.05, 0) is 121 Å². The van der Waals surface area contributed by atoms with Crippen LogP contribution in [0.3, 0.4) is 0 Å². The number of hydrogen-bond donors (Lipinski definition) is 0. The molecule has 0 spiro atoms. The molecule has 48 heavy (non-hydrogen) atoms. The van der Waals surface area contributed by atoms with Crippen molar-refractivity contribution in [2.75, 3.05) is 26.2 Å². The minimum Gasteiger partial charge on any atom is -0.359 e. The lowest BCUT2D eigenvalue weighted by molar-refractivity contribution is -0.222. The van der Waals surface area contributed by atoms with Crippen molar-refractivity contribution < 1.29 is 28.0 Å². The van der Waals surface area contributed by atoms with Gasteiger partial charge >= 0.3 is 11.9 Å². The third-order valence-electron chi connectivity index (χ3n) is 8.37. The van der Waals surface area contributed by atoms with Gasteiger partial charge in [0.1, 0.15) is 11.6 Å². The summed E-state index contributed by atoms with van der Waals surface area (Å²) in [5.41, 5.74) is 1.78. The van der Waals surface area contributed by atoms with Crippen LogP contribution in [-0.2, 0) is 19.3 Å². The Morgan fingerprint density at radius 1 is 0.604 bits per heavy atom. The fourth-order valence-corrected chi connectivity index (χ4v) is 8.64. The highest BCUT2D eigenvalue weighted by Crippen LogP contribution is 2.40. The molecule has 0 aromatic heterocycles. The van der Waals surface area contributed by atoms with Crippen molar-refractivity contribution in [2.24, 2.45) is 0 Å². The van der Waals surface area contributed by atoms with Gasteiger partial charge in [0.25, 0.3) is 0 Å². The molecule has 2 heterocycles. The number of hydroxylamine groups is 4. The quantitative estimate of drug-likeness (QED) is 0.166. The highest BCUT2D eigenvalue weighted by molar-refractivity contribution is 7.99. The van der Waals surface area contributed by atoms with E-state index in [9.17, 15) is 18.4 Å². The average Bonchev–Trinajstić information content (AvgIpc) is 3.07. The monoisotopic (exact) mass is 728 g/mol. The molecular weight excluding hydrogens is 697 g/mol. The Morgan fingerprint density at radius 2 is 1.00 bits per heavy atom. The van der Waals surface area contributed by atoms with E-state index < -0.39 is 11.9 Å². The lowest BCUT2D eigenvalue weighted by Gasteiger charge is -2.32. The van der Waals surface area contributed by atoms with Crippen LogP contribution in [0.1, 0.15) is 48.6 Å². The van der Waals surface area contributed by atoms with Crippen molar-refractivity contribution in [1.82, 2.24) is 10.1 Å². The van der Waals surface area contributed by atoms with E-state index in [1.54, 1.807) is 36.4 Å². The minimum atomic E-state index is -1.09. The predicted octanol–water partition coefficient (Wildman–Crippen LogP) is 9.55. The summed E-state index contributed by atoms with van der Waals surface area (Å²) in [5.74, 6) is -2.71. The highest BCUT2D eigenvalue weighted by atomic mass is 35.5. The molecule has 0 amide bonds. The molecule has 0 atom stereocenters. The molecule has 0 radical (unpaired) electrons. The first-order chi connectivity index (χ1) is 23.2. The second-order valence-electron chi connectivity index (χ2n) is 11.6. The Labute approximate surface area is 296 Å². The van der Waals surface area contributed by atoms with Crippen LogP contribution in [0.15, 0.2) is 105 Å². The van der Waals surface area contributed by atoms with E-state index in [0.29, 0.717) is 61.9 Å². The number of piperidine rings is 2. The molecular formula is C36H32Cl2F2N2O4S2. The molecule has 0 bridgehead atoms. The minimum absolute atomic E-state index is 0.0492. The molecule has 12 heteroatoms. The van der Waals surface area contributed by atoms with Crippen molar-refractivity contribution in [3.63, 3.8) is 0 Å². The zero-order valence-corrected chi connectivity index (χ0v) is 28.9. The van der Waals surface area contributed by atoms with Gasteiger partial charge in [-0.1, -0.05) is 58.9 Å². The van der Waals surface area contributed by atoms with Gasteiger partial charge in [-0.2, -0.15) is 0 Å². The molecule has 250 valence electrons. The normalized spacial score (nSPS) is 16.5. The summed E-state index contributed by atoms with van der Waals surface area (Å²) < 4.78 is 28.6. The molecule has 0 aliphatic carbocycles. The van der Waals surface area contributed by atoms with Gasteiger partial charge in [-0.3, -0.25) is 0 Å². The standard InChI is InChI=1S/C36H32Cl2F2N2O4S2/c37-25-3-1-5-29(19-25)47-33-9-7-27(39)21-31(33)23-11-15-41(16-12-23)45-35(43)36(44)46-42-17-13-24(14-18-42)32-22-28(40)8-10-34(32)48-30-6-2-4-26(38)20-30/h1-10,19-24H,11-18H2. The predicted molar refractivity (Wildman–Crippen MR) is 183 cm³/mol. The van der Waals surface area contributed by atoms with E-state index in [-0.39, 0.29) is 23.5 Å². The maximum absolute atomic E-state index is 14.3. The summed E-state index contributed by atoms with van der Waals surface area (Å²) in [6, 6.07) is 24.6. The van der Waals surface area contributed by atoms with Crippen molar-refractivity contribution in [2.45, 2.75) is 57.1 Å². The number of halogens is 4. The summed E-state index contributed by atoms with van der Waals surface area (Å²) in [5, 5.41) is 4.17. The van der Waals surface area contributed by atoms with Crippen LogP contribution in [-0.4, -0.2) is 48.2 Å². The Hall–Kier alpha value is -3.12. The lowest BCUT2D eigenvalue weighted by atomic mass is 9.90. The number of rotatable bonds is 8. The third kappa shape index (κ3) is 9.11. The zero-order chi connectivity index (χ0) is 33.6. The zero-order valence-electron chi connectivity index (χ0n) is 25.8. The molecule has 0 unspecified atom stereocenters. The van der Waals surface area contributed by atoms with Crippen molar-refractivity contribution in [3.05, 3.63) is 118 Å². The molecule has 6 rings (SSSR count). The first-order valence-corrected chi connectivity index (χ1v) is 18.0. The second-order valence-corrected chi connectivity index (χ2v) is 14.8. The molecule has 2 aliphatic rings. The van der Waals surface area contributed by atoms with Gasteiger partial charge in [-0.15, -0.1) is 10.1 Å². The van der Waals surface area contributed by atoms with Gasteiger partial charge in [0, 0.05) is 55.8 Å². The van der Waals surface area contributed by atoms with Gasteiger partial charge in [-0.25, -0.2) is 18.4 Å². The van der Waals surface area contributed by atoms with Gasteiger partial charge in [0.15, 0.2) is 0 Å². The van der Waals surface area contributed by atoms with Gasteiger partial charge in [0.2, 0.25) is 0 Å². The van der Waals surface area contributed by atoms with Gasteiger partial charge < -0.3 is 9.68 Å². The van der Waals surface area contributed by atoms with Crippen molar-refractivity contribution >= 4 is 58.7 Å². The first kappa shape index (κ1) is 34.7. The van der Waals surface area contributed by atoms with E-state index >= 15 is 0 Å². The third-order valence-corrected chi connectivity index (χ3v) is 11.0. The van der Waals surface area contributed by atoms with Crippen LogP contribution in [0.5, 0.6) is 0 Å². The maximum atomic E-state index is 14.3. The van der Waals surface area contributed by atoms with Crippen LogP contribution in [0.25, 0.3) is 0 Å². The number of benzene rings is 4. The lowest BCUT2D eigenvalue weighted by Crippen LogP contribution is -2.41. The van der Waals surface area contributed by atoms with E-state index in [4.69, 9.17) is 32.9 Å². The Kier molecular flexibility index (Phi) is 11.6. The van der Waals surface area contributed by atoms with Crippen molar-refractivity contribution in [3.8, 4) is 0 Å². The number of nitrogens with zero attached hydrogens (tertiary/aromatic N) is 2. The molecule has 0 saturated carbocycles. The maximum Gasteiger partial charge on any atom is 0.438 e. The van der Waals surface area contributed by atoms with Gasteiger partial charge in [0.05, 0.1) is 0 Å². The Bertz CT molecular complexity index is 1650. The number of hydrogen-bond acceptors (Lipinski definition) is 8. The molecule has 4 aromatic carbocycles. The number of carbonyl (C=O) groups is 2. The topological polar surface area (TPSA) is 59.1 Å². The van der Waals surface area contributed by atoms with Crippen LogP contribution < -0.4 is 0 Å². The van der Waals surface area contributed by atoms with E-state index in [1.807, 2.05) is 36.4 Å². The number of carbonyl (C=O) groups excluding carboxylic acids is 2. The second kappa shape index (κ2) is 16.1. The molecule has 0 N–H and O–H groups in total. The summed E-state index contributed by atoms with van der Waals surface area (Å²) in [7, 11) is 0. The first-order valence-electron chi connectivity index (χ1n) is 15.6. The van der Waals surface area contributed by atoms with E-state index in [1.165, 1.54) is 45.8 Å². The van der Waals surface area contributed by atoms with Crippen LogP contribution >= 0.6 is 46.7 Å². The van der Waals surface area contributed by atoms with Crippen molar-refractivity contribution in [1.29, 1.82) is 0 Å². The summed E-state index contributed by atoms with van der Waals surface area (Å²) in [6.45, 7) is 1.54. The molecule has 6 nitrogen and oxygen atoms in total. The molecule has 2 saturated heterocycles. The smallest absolute Gasteiger partial charge is 0.359 e. The fraction of sp³-hybridized carbons (Fsp3) is 0.278. The fourth-order valence-electron chi connectivity index (χ4n) is 6.00. The van der Waals surface area contributed by atoms with Crippen LogP contribution in [0.2, 0.25) is 10.0 Å². The van der Waals surface area contributed by atoms with Crippen LogP contribution in [0.4, 0.5) is 8.78 Å². The highest BCUT2D eigenvalue weighted by Gasteiger charge is 2.31. The Balaban J connectivity index is 0.984. The van der Waals surface area contributed by atoms with E-state index in [2.05, 4.69) is 0 Å². The Morgan fingerprint density at radius 3 is 1.38 bits per heavy atom. The largest absolute Gasteiger partial charge is 0.438 e. The molecule has 4 aromatic rings.